The number of thiazole rings is 1. The van der Waals surface area contributed by atoms with E-state index in [-0.39, 0.29) is 5.82 Å². The minimum atomic E-state index is -0.265. The summed E-state index contributed by atoms with van der Waals surface area (Å²) in [5.74, 6) is -0.265. The summed E-state index contributed by atoms with van der Waals surface area (Å²) >= 11 is 8.31. The van der Waals surface area contributed by atoms with E-state index in [2.05, 4.69) is 36.8 Å². The molecule has 5 heteroatoms. The van der Waals surface area contributed by atoms with Crippen molar-refractivity contribution in [2.24, 2.45) is 0 Å². The van der Waals surface area contributed by atoms with E-state index >= 15 is 0 Å². The van der Waals surface area contributed by atoms with Crippen molar-refractivity contribution in [1.82, 2.24) is 4.98 Å². The average molecular weight is 413 g/mol. The maximum atomic E-state index is 13.9. The molecule has 20 heavy (non-hydrogen) atoms. The second kappa shape index (κ2) is 5.76. The Kier molecular flexibility index (Phi) is 4.01. The quantitative estimate of drug-likeness (QED) is 0.492. The summed E-state index contributed by atoms with van der Waals surface area (Å²) in [6, 6.07) is 12.8. The molecule has 0 spiro atoms. The van der Waals surface area contributed by atoms with Crippen LogP contribution in [0.1, 0.15) is 0 Å². The predicted molar refractivity (Wildman–Crippen MR) is 88.3 cm³/mol. The van der Waals surface area contributed by atoms with Gasteiger partial charge in [0.15, 0.2) is 0 Å². The van der Waals surface area contributed by atoms with Gasteiger partial charge in [-0.05, 0) is 30.3 Å². The largest absolute Gasteiger partial charge is 0.236 e. The Bertz CT molecular complexity index is 770. The molecule has 0 N–H and O–H groups in total. The highest BCUT2D eigenvalue weighted by atomic mass is 79.9. The lowest BCUT2D eigenvalue weighted by Crippen LogP contribution is -1.85. The fraction of sp³-hybridized carbons (Fsp3) is 0. The molecule has 0 atom stereocenters. The first-order valence-electron chi connectivity index (χ1n) is 5.80. The van der Waals surface area contributed by atoms with Gasteiger partial charge in [0.05, 0.1) is 5.69 Å². The Labute approximate surface area is 136 Å². The van der Waals surface area contributed by atoms with Crippen LogP contribution in [0.25, 0.3) is 21.8 Å². The third-order valence-corrected chi connectivity index (χ3v) is 4.66. The molecular formula is C15H8Br2FNS. The fourth-order valence-corrected chi connectivity index (χ4v) is 3.42. The fourth-order valence-electron chi connectivity index (χ4n) is 1.85. The van der Waals surface area contributed by atoms with Crippen LogP contribution in [0, 0.1) is 5.82 Å². The monoisotopic (exact) mass is 411 g/mol. The molecule has 1 heterocycles. The van der Waals surface area contributed by atoms with Crippen LogP contribution < -0.4 is 0 Å². The lowest BCUT2D eigenvalue weighted by atomic mass is 10.1. The molecule has 3 aromatic rings. The van der Waals surface area contributed by atoms with Crippen LogP contribution >= 0.6 is 43.2 Å². The molecule has 0 aliphatic heterocycles. The van der Waals surface area contributed by atoms with Gasteiger partial charge >= 0.3 is 0 Å². The third-order valence-electron chi connectivity index (χ3n) is 2.78. The van der Waals surface area contributed by atoms with Gasteiger partial charge in [0, 0.05) is 25.5 Å². The van der Waals surface area contributed by atoms with E-state index in [4.69, 9.17) is 0 Å². The molecule has 0 saturated heterocycles. The van der Waals surface area contributed by atoms with Crippen molar-refractivity contribution < 1.29 is 4.39 Å². The van der Waals surface area contributed by atoms with E-state index in [0.717, 1.165) is 19.5 Å². The lowest BCUT2D eigenvalue weighted by Gasteiger charge is -2.00. The van der Waals surface area contributed by atoms with Crippen LogP contribution in [0.4, 0.5) is 4.39 Å². The molecule has 3 rings (SSSR count). The molecule has 1 aromatic heterocycles. The number of aromatic nitrogens is 1. The molecule has 0 fully saturated rings. The number of halogens is 3. The average Bonchev–Trinajstić information content (AvgIpc) is 2.91. The van der Waals surface area contributed by atoms with Gasteiger partial charge in [-0.25, -0.2) is 9.37 Å². The normalized spacial score (nSPS) is 10.8. The van der Waals surface area contributed by atoms with Crippen molar-refractivity contribution in [3.8, 4) is 21.8 Å². The second-order valence-electron chi connectivity index (χ2n) is 4.17. The number of hydrogen-bond acceptors (Lipinski definition) is 2. The topological polar surface area (TPSA) is 12.9 Å². The van der Waals surface area contributed by atoms with Crippen LogP contribution in [0.3, 0.4) is 0 Å². The van der Waals surface area contributed by atoms with Gasteiger partial charge < -0.3 is 0 Å². The Hall–Kier alpha value is -1.04. The third kappa shape index (κ3) is 2.85. The van der Waals surface area contributed by atoms with Crippen molar-refractivity contribution >= 4 is 43.2 Å². The van der Waals surface area contributed by atoms with Crippen molar-refractivity contribution in [2.75, 3.05) is 0 Å². The second-order valence-corrected chi connectivity index (χ2v) is 6.86. The molecule has 0 saturated carbocycles. The summed E-state index contributed by atoms with van der Waals surface area (Å²) < 4.78 is 15.7. The van der Waals surface area contributed by atoms with Crippen molar-refractivity contribution in [3.05, 3.63) is 62.6 Å². The van der Waals surface area contributed by atoms with Crippen molar-refractivity contribution in [1.29, 1.82) is 0 Å². The molecule has 2 aromatic carbocycles. The minimum Gasteiger partial charge on any atom is -0.236 e. The highest BCUT2D eigenvalue weighted by Gasteiger charge is 2.11. The van der Waals surface area contributed by atoms with E-state index in [0.29, 0.717) is 11.3 Å². The molecule has 0 radical (unpaired) electrons. The molecule has 0 unspecified atom stereocenters. The summed E-state index contributed by atoms with van der Waals surface area (Å²) in [5, 5.41) is 2.75. The van der Waals surface area contributed by atoms with E-state index < -0.39 is 0 Å². The zero-order valence-electron chi connectivity index (χ0n) is 10.1. The molecular weight excluding hydrogens is 405 g/mol. The molecule has 0 bridgehead atoms. The van der Waals surface area contributed by atoms with E-state index in [1.54, 1.807) is 12.1 Å². The zero-order chi connectivity index (χ0) is 14.1. The van der Waals surface area contributed by atoms with Crippen molar-refractivity contribution in [2.45, 2.75) is 0 Å². The van der Waals surface area contributed by atoms with Crippen LogP contribution in [0.5, 0.6) is 0 Å². The molecule has 1 nitrogen and oxygen atoms in total. The van der Waals surface area contributed by atoms with Gasteiger partial charge in [0.25, 0.3) is 0 Å². The summed E-state index contributed by atoms with van der Waals surface area (Å²) in [6.45, 7) is 0. The summed E-state index contributed by atoms with van der Waals surface area (Å²) in [4.78, 5) is 4.53. The van der Waals surface area contributed by atoms with Gasteiger partial charge in [0.2, 0.25) is 0 Å². The highest BCUT2D eigenvalue weighted by Crippen LogP contribution is 2.32. The zero-order valence-corrected chi connectivity index (χ0v) is 14.1. The first-order chi connectivity index (χ1) is 9.63. The molecule has 0 aliphatic rings. The lowest BCUT2D eigenvalue weighted by molar-refractivity contribution is 0.630. The van der Waals surface area contributed by atoms with E-state index in [1.807, 2.05) is 29.6 Å². The van der Waals surface area contributed by atoms with Gasteiger partial charge in [0.1, 0.15) is 10.8 Å². The van der Waals surface area contributed by atoms with E-state index in [9.17, 15) is 4.39 Å². The van der Waals surface area contributed by atoms with Crippen LogP contribution in [-0.2, 0) is 0 Å². The first-order valence-corrected chi connectivity index (χ1v) is 8.27. The van der Waals surface area contributed by atoms with Crippen LogP contribution in [0.2, 0.25) is 0 Å². The van der Waals surface area contributed by atoms with Gasteiger partial charge in [-0.1, -0.05) is 44.0 Å². The Balaban J connectivity index is 2.04. The number of rotatable bonds is 2. The maximum absolute atomic E-state index is 13.9. The smallest absolute Gasteiger partial charge is 0.132 e. The summed E-state index contributed by atoms with van der Waals surface area (Å²) in [6.07, 6.45) is 0. The first kappa shape index (κ1) is 13.9. The highest BCUT2D eigenvalue weighted by molar-refractivity contribution is 9.10. The Morgan fingerprint density at radius 1 is 1.00 bits per heavy atom. The van der Waals surface area contributed by atoms with Crippen molar-refractivity contribution in [3.63, 3.8) is 0 Å². The van der Waals surface area contributed by atoms with Crippen LogP contribution in [-0.4, -0.2) is 4.98 Å². The Morgan fingerprint density at radius 2 is 1.80 bits per heavy atom. The van der Waals surface area contributed by atoms with Gasteiger partial charge in [-0.3, -0.25) is 0 Å². The summed E-state index contributed by atoms with van der Waals surface area (Å²) in [5.41, 5.74) is 2.19. The van der Waals surface area contributed by atoms with Gasteiger partial charge in [-0.2, -0.15) is 0 Å². The van der Waals surface area contributed by atoms with Gasteiger partial charge in [-0.15, -0.1) is 11.3 Å². The SMILES string of the molecule is Fc1ccc(Br)cc1-c1csc(-c2cccc(Br)c2)n1. The molecule has 0 aliphatic carbocycles. The standard InChI is InChI=1S/C15H8Br2FNS/c16-10-3-1-2-9(6-10)15-19-14(8-20-15)12-7-11(17)4-5-13(12)18/h1-8H. The maximum Gasteiger partial charge on any atom is 0.132 e. The summed E-state index contributed by atoms with van der Waals surface area (Å²) in [7, 11) is 0. The number of hydrogen-bond donors (Lipinski definition) is 0. The minimum absolute atomic E-state index is 0.265. The van der Waals surface area contributed by atoms with Crippen LogP contribution in [0.15, 0.2) is 56.8 Å². The molecule has 0 amide bonds. The number of nitrogens with zero attached hydrogens (tertiary/aromatic N) is 1. The Morgan fingerprint density at radius 3 is 2.60 bits per heavy atom. The number of benzene rings is 2. The van der Waals surface area contributed by atoms with E-state index in [1.165, 1.54) is 17.4 Å². The predicted octanol–water partition coefficient (Wildman–Crippen LogP) is 6.14. The molecule has 100 valence electrons.